The van der Waals surface area contributed by atoms with Crippen LogP contribution in [0.1, 0.15) is 69.4 Å². The average molecular weight is 453 g/mol. The molecule has 6 heteroatoms. The molecule has 1 aromatic rings. The number of benzene rings is 1. The molecule has 0 aliphatic heterocycles. The molecule has 0 radical (unpaired) electrons. The minimum atomic E-state index is -1.07. The summed E-state index contributed by atoms with van der Waals surface area (Å²) in [5.74, 6) is 1.85. The fourth-order valence-electron chi connectivity index (χ4n) is 5.58. The zero-order valence-electron chi connectivity index (χ0n) is 19.4. The molecule has 32 heavy (non-hydrogen) atoms. The lowest BCUT2D eigenvalue weighted by Crippen LogP contribution is -2.28. The van der Waals surface area contributed by atoms with Crippen LogP contribution < -0.4 is 4.74 Å². The molecule has 6 atom stereocenters. The molecule has 2 aliphatic carbocycles. The lowest BCUT2D eigenvalue weighted by molar-refractivity contribution is -0.120. The van der Waals surface area contributed by atoms with Crippen LogP contribution in [0.3, 0.4) is 0 Å². The molecule has 0 aromatic heterocycles. The average Bonchev–Trinajstić information content (AvgIpc) is 3.09. The Bertz CT molecular complexity index is 684. The summed E-state index contributed by atoms with van der Waals surface area (Å²) in [7, 11) is 0. The zero-order valence-corrected chi connectivity index (χ0v) is 19.4. The van der Waals surface area contributed by atoms with E-state index in [0.717, 1.165) is 69.1 Å². The molecule has 0 saturated heterocycles. The number of aliphatic hydroxyl groups is 3. The summed E-state index contributed by atoms with van der Waals surface area (Å²) >= 11 is 0. The van der Waals surface area contributed by atoms with Gasteiger partial charge >= 0.3 is 0 Å². The Balaban J connectivity index is 1.56. The number of unbranched alkanes of at least 4 members (excludes halogenated alkanes) is 2. The highest BCUT2D eigenvalue weighted by Gasteiger charge is 2.44. The normalized spacial score (nSPS) is 26.4. The van der Waals surface area contributed by atoms with Crippen molar-refractivity contribution < 1.29 is 29.2 Å². The van der Waals surface area contributed by atoms with E-state index in [4.69, 9.17) is 9.47 Å². The van der Waals surface area contributed by atoms with Gasteiger partial charge in [0.2, 0.25) is 0 Å². The lowest BCUT2D eigenvalue weighted by atomic mass is 9.73. The molecule has 2 aliphatic rings. The number of halogens is 1. The minimum Gasteiger partial charge on any atom is -0.488 e. The van der Waals surface area contributed by atoms with Gasteiger partial charge in [0.1, 0.15) is 12.4 Å². The summed E-state index contributed by atoms with van der Waals surface area (Å²) in [6.45, 7) is 1.89. The third-order valence-corrected chi connectivity index (χ3v) is 7.29. The molecular formula is C26H41FO5. The van der Waals surface area contributed by atoms with E-state index in [1.54, 1.807) is 0 Å². The van der Waals surface area contributed by atoms with Crippen LogP contribution in [0.15, 0.2) is 18.2 Å². The number of hydrogen-bond donors (Lipinski definition) is 3. The molecule has 1 saturated carbocycles. The number of alkyl halides is 1. The number of fused-ring (bicyclic) bond motifs is 2. The molecule has 0 bridgehead atoms. The van der Waals surface area contributed by atoms with Gasteiger partial charge in [0.05, 0.1) is 25.5 Å². The predicted molar refractivity (Wildman–Crippen MR) is 122 cm³/mol. The van der Waals surface area contributed by atoms with Gasteiger partial charge in [-0.2, -0.15) is 0 Å². The molecular weight excluding hydrogens is 411 g/mol. The van der Waals surface area contributed by atoms with Crippen LogP contribution in [0.25, 0.3) is 0 Å². The molecule has 1 aromatic carbocycles. The molecule has 1 unspecified atom stereocenters. The standard InChI is InChI=1S/C26H41FO5/c1-2-3-4-8-20(28)10-11-21-22-14-18-7-5-9-25(23(18)15-19(22)16-24(21)29)32-17-26(30)31-13-6-12-27/h5,7,9,19-22,24,26,28-30H,2-4,6,8,10-17H2,1H3/t19-,20-,21+,22-,24+,26?/m0/s1. The zero-order chi connectivity index (χ0) is 22.9. The summed E-state index contributed by atoms with van der Waals surface area (Å²) in [4.78, 5) is 0. The van der Waals surface area contributed by atoms with E-state index < -0.39 is 13.0 Å². The van der Waals surface area contributed by atoms with Crippen molar-refractivity contribution in [2.45, 2.75) is 89.6 Å². The molecule has 3 N–H and O–H groups in total. The van der Waals surface area contributed by atoms with Crippen LogP contribution in [0.2, 0.25) is 0 Å². The van der Waals surface area contributed by atoms with E-state index in [1.807, 2.05) is 12.1 Å². The highest BCUT2D eigenvalue weighted by atomic mass is 19.1. The molecule has 0 spiro atoms. The van der Waals surface area contributed by atoms with Gasteiger partial charge in [-0.25, -0.2) is 0 Å². The summed E-state index contributed by atoms with van der Waals surface area (Å²) in [5.41, 5.74) is 2.41. The number of hydrogen-bond acceptors (Lipinski definition) is 5. The fourth-order valence-corrected chi connectivity index (χ4v) is 5.58. The highest BCUT2D eigenvalue weighted by Crippen LogP contribution is 2.48. The molecule has 5 nitrogen and oxygen atoms in total. The Labute approximate surface area is 191 Å². The van der Waals surface area contributed by atoms with Gasteiger partial charge in [0.15, 0.2) is 6.29 Å². The van der Waals surface area contributed by atoms with Crippen LogP contribution >= 0.6 is 0 Å². The first-order valence-corrected chi connectivity index (χ1v) is 12.5. The summed E-state index contributed by atoms with van der Waals surface area (Å²) in [6.07, 6.45) is 7.10. The SMILES string of the molecule is CCCCC[C@H](O)CC[C@@H]1[C@H]2Cc3cccc(OCC(O)OCCCF)c3C[C@H]2C[C@H]1O. The Morgan fingerprint density at radius 2 is 1.97 bits per heavy atom. The number of aliphatic hydroxyl groups excluding tert-OH is 3. The van der Waals surface area contributed by atoms with Crippen molar-refractivity contribution in [3.8, 4) is 5.75 Å². The smallest absolute Gasteiger partial charge is 0.189 e. The summed E-state index contributed by atoms with van der Waals surface area (Å²) in [6, 6.07) is 6.03. The van der Waals surface area contributed by atoms with Gasteiger partial charge in [0.25, 0.3) is 0 Å². The Kier molecular flexibility index (Phi) is 10.2. The molecule has 182 valence electrons. The van der Waals surface area contributed by atoms with E-state index in [-0.39, 0.29) is 37.8 Å². The van der Waals surface area contributed by atoms with E-state index in [0.29, 0.717) is 11.8 Å². The van der Waals surface area contributed by atoms with Crippen molar-refractivity contribution in [1.29, 1.82) is 0 Å². The van der Waals surface area contributed by atoms with Crippen molar-refractivity contribution in [3.63, 3.8) is 0 Å². The monoisotopic (exact) mass is 452 g/mol. The van der Waals surface area contributed by atoms with Crippen molar-refractivity contribution in [2.24, 2.45) is 17.8 Å². The topological polar surface area (TPSA) is 79.2 Å². The van der Waals surface area contributed by atoms with Crippen molar-refractivity contribution in [1.82, 2.24) is 0 Å². The predicted octanol–water partition coefficient (Wildman–Crippen LogP) is 4.19. The Morgan fingerprint density at radius 3 is 2.75 bits per heavy atom. The van der Waals surface area contributed by atoms with Gasteiger partial charge in [-0.1, -0.05) is 38.3 Å². The highest BCUT2D eigenvalue weighted by molar-refractivity contribution is 5.43. The van der Waals surface area contributed by atoms with Crippen LogP contribution in [0, 0.1) is 17.8 Å². The van der Waals surface area contributed by atoms with Crippen LogP contribution in [0.5, 0.6) is 5.75 Å². The van der Waals surface area contributed by atoms with Gasteiger partial charge < -0.3 is 24.8 Å². The number of ether oxygens (including phenoxy) is 2. The molecule has 1 fully saturated rings. The second kappa shape index (κ2) is 12.9. The third kappa shape index (κ3) is 6.89. The van der Waals surface area contributed by atoms with E-state index in [9.17, 15) is 19.7 Å². The second-order valence-electron chi connectivity index (χ2n) is 9.60. The third-order valence-electron chi connectivity index (χ3n) is 7.29. The molecule has 3 rings (SSSR count). The first-order chi connectivity index (χ1) is 15.5. The maximum atomic E-state index is 12.2. The minimum absolute atomic E-state index is 0.0119. The summed E-state index contributed by atoms with van der Waals surface area (Å²) < 4.78 is 23.2. The first-order valence-electron chi connectivity index (χ1n) is 12.5. The van der Waals surface area contributed by atoms with Gasteiger partial charge in [-0.3, -0.25) is 4.39 Å². The van der Waals surface area contributed by atoms with Gasteiger partial charge in [0, 0.05) is 0 Å². The van der Waals surface area contributed by atoms with Crippen molar-refractivity contribution >= 4 is 0 Å². The van der Waals surface area contributed by atoms with Crippen LogP contribution in [-0.2, 0) is 17.6 Å². The van der Waals surface area contributed by atoms with Gasteiger partial charge in [-0.15, -0.1) is 0 Å². The van der Waals surface area contributed by atoms with Crippen LogP contribution in [0.4, 0.5) is 4.39 Å². The summed E-state index contributed by atoms with van der Waals surface area (Å²) in [5, 5.41) is 31.0. The van der Waals surface area contributed by atoms with Crippen molar-refractivity contribution in [3.05, 3.63) is 29.3 Å². The lowest BCUT2D eigenvalue weighted by Gasteiger charge is -2.32. The van der Waals surface area contributed by atoms with E-state index in [2.05, 4.69) is 13.0 Å². The van der Waals surface area contributed by atoms with Crippen molar-refractivity contribution in [2.75, 3.05) is 19.9 Å². The first kappa shape index (κ1) is 25.4. The second-order valence-corrected chi connectivity index (χ2v) is 9.60. The van der Waals surface area contributed by atoms with Gasteiger partial charge in [-0.05, 0) is 79.9 Å². The Hall–Kier alpha value is -1.21. The molecule has 0 amide bonds. The maximum absolute atomic E-state index is 12.2. The largest absolute Gasteiger partial charge is 0.488 e. The van der Waals surface area contributed by atoms with E-state index in [1.165, 1.54) is 5.56 Å². The maximum Gasteiger partial charge on any atom is 0.189 e. The molecule has 0 heterocycles. The Morgan fingerprint density at radius 1 is 1.12 bits per heavy atom. The fraction of sp³-hybridized carbons (Fsp3) is 0.769. The number of rotatable bonds is 14. The quantitative estimate of drug-likeness (QED) is 0.291. The van der Waals surface area contributed by atoms with E-state index >= 15 is 0 Å². The van der Waals surface area contributed by atoms with Crippen LogP contribution in [-0.4, -0.2) is 53.7 Å².